The van der Waals surface area contributed by atoms with Crippen LogP contribution in [-0.4, -0.2) is 77.7 Å². The minimum Gasteiger partial charge on any atom is -0.386 e. The van der Waals surface area contributed by atoms with Gasteiger partial charge in [-0.25, -0.2) is 23.7 Å². The van der Waals surface area contributed by atoms with Crippen LogP contribution in [-0.2, 0) is 0 Å². The Morgan fingerprint density at radius 2 is 2.07 bits per heavy atom. The Morgan fingerprint density at radius 1 is 1.33 bits per heavy atom. The van der Waals surface area contributed by atoms with Crippen molar-refractivity contribution in [2.45, 2.75) is 25.4 Å². The average Bonchev–Trinajstić information content (AvgIpc) is 3.31. The summed E-state index contributed by atoms with van der Waals surface area (Å²) in [5.41, 5.74) is -1.22. The van der Waals surface area contributed by atoms with Crippen molar-refractivity contribution in [2.75, 3.05) is 31.6 Å². The molecule has 3 aromatic heterocycles. The van der Waals surface area contributed by atoms with Crippen molar-refractivity contribution in [1.29, 1.82) is 0 Å². The fraction of sp³-hybridized carbons (Fsp3) is 0.444. The number of alkyl halides is 2. The monoisotopic (exact) mass is 418 g/mol. The molecule has 30 heavy (non-hydrogen) atoms. The maximum absolute atomic E-state index is 13.3. The molecule has 4 heterocycles. The van der Waals surface area contributed by atoms with E-state index in [0.717, 1.165) is 4.52 Å². The molecular formula is C18H20F2N8O2. The van der Waals surface area contributed by atoms with Gasteiger partial charge in [0.15, 0.2) is 0 Å². The van der Waals surface area contributed by atoms with E-state index >= 15 is 0 Å². The molecule has 1 atom stereocenters. The lowest BCUT2D eigenvalue weighted by Crippen LogP contribution is -2.46. The SMILES string of the molecule is Cc1cc(C(F)F)n2nc(C(=O)N(C)C[C@@]3(O)CCN(c4ncccn4)C3)nc2n1. The van der Waals surface area contributed by atoms with Gasteiger partial charge in [-0.05, 0) is 25.5 Å². The van der Waals surface area contributed by atoms with Crippen LogP contribution in [0.25, 0.3) is 5.78 Å². The lowest BCUT2D eigenvalue weighted by molar-refractivity contribution is 0.0259. The van der Waals surface area contributed by atoms with Crippen molar-refractivity contribution < 1.29 is 18.7 Å². The average molecular weight is 418 g/mol. The summed E-state index contributed by atoms with van der Waals surface area (Å²) in [6.45, 7) is 2.37. The molecule has 0 aliphatic carbocycles. The number of rotatable bonds is 5. The molecule has 4 rings (SSSR count). The second-order valence-corrected chi connectivity index (χ2v) is 7.38. The Morgan fingerprint density at radius 3 is 2.77 bits per heavy atom. The van der Waals surface area contributed by atoms with Crippen molar-refractivity contribution in [2.24, 2.45) is 0 Å². The number of carbonyl (C=O) groups is 1. The third kappa shape index (κ3) is 3.77. The molecule has 1 fully saturated rings. The summed E-state index contributed by atoms with van der Waals surface area (Å²) in [5, 5.41) is 14.8. The summed E-state index contributed by atoms with van der Waals surface area (Å²) in [6.07, 6.45) is 0.862. The van der Waals surface area contributed by atoms with Gasteiger partial charge in [0.1, 0.15) is 11.3 Å². The Labute approximate surface area is 170 Å². The van der Waals surface area contributed by atoms with Gasteiger partial charge in [-0.3, -0.25) is 4.79 Å². The Kier molecular flexibility index (Phi) is 5.02. The number of β-amino-alcohol motifs (C(OH)–C–C–N with tert-alkyl or cyclic N) is 1. The molecule has 0 aromatic carbocycles. The summed E-state index contributed by atoms with van der Waals surface area (Å²) >= 11 is 0. The summed E-state index contributed by atoms with van der Waals surface area (Å²) in [7, 11) is 1.50. The quantitative estimate of drug-likeness (QED) is 0.650. The number of hydrogen-bond donors (Lipinski definition) is 1. The van der Waals surface area contributed by atoms with E-state index in [-0.39, 0.29) is 30.4 Å². The highest BCUT2D eigenvalue weighted by Gasteiger charge is 2.39. The molecule has 1 amide bonds. The molecule has 0 bridgehead atoms. The summed E-state index contributed by atoms with van der Waals surface area (Å²) < 4.78 is 27.4. The van der Waals surface area contributed by atoms with E-state index in [2.05, 4.69) is 25.0 Å². The van der Waals surface area contributed by atoms with Crippen molar-refractivity contribution in [3.8, 4) is 0 Å². The third-order valence-corrected chi connectivity index (χ3v) is 4.93. The lowest BCUT2D eigenvalue weighted by Gasteiger charge is -2.28. The molecule has 1 aliphatic heterocycles. The van der Waals surface area contributed by atoms with Crippen molar-refractivity contribution >= 4 is 17.6 Å². The minimum atomic E-state index is -2.79. The van der Waals surface area contributed by atoms with Crippen LogP contribution in [0.15, 0.2) is 24.5 Å². The van der Waals surface area contributed by atoms with Crippen LogP contribution in [0.4, 0.5) is 14.7 Å². The molecule has 3 aromatic rings. The molecule has 12 heteroatoms. The standard InChI is InChI=1S/C18H20F2N8O2/c1-11-8-12(13(19)20)28-17(23-11)24-14(25-28)15(29)26(2)9-18(30)4-7-27(10-18)16-21-5-3-6-22-16/h3,5-6,8,13,30H,4,7,9-10H2,1-2H3/t18-/m0/s1. The van der Waals surface area contributed by atoms with Crippen LogP contribution >= 0.6 is 0 Å². The van der Waals surface area contributed by atoms with Gasteiger partial charge < -0.3 is 14.9 Å². The first-order valence-electron chi connectivity index (χ1n) is 9.28. The number of halogens is 2. The smallest absolute Gasteiger partial charge is 0.293 e. The number of anilines is 1. The number of carbonyl (C=O) groups excluding carboxylic acids is 1. The topological polar surface area (TPSA) is 113 Å². The Hall–Kier alpha value is -3.28. The molecule has 10 nitrogen and oxygen atoms in total. The number of hydrogen-bond acceptors (Lipinski definition) is 8. The fourth-order valence-corrected chi connectivity index (χ4v) is 3.56. The van der Waals surface area contributed by atoms with Crippen LogP contribution in [0.5, 0.6) is 0 Å². The summed E-state index contributed by atoms with van der Waals surface area (Å²) in [5.74, 6) is -0.428. The second-order valence-electron chi connectivity index (χ2n) is 7.38. The Bertz CT molecular complexity index is 1080. The maximum Gasteiger partial charge on any atom is 0.293 e. The molecule has 1 saturated heterocycles. The Balaban J connectivity index is 1.51. The predicted molar refractivity (Wildman–Crippen MR) is 101 cm³/mol. The van der Waals surface area contributed by atoms with Gasteiger partial charge >= 0.3 is 0 Å². The maximum atomic E-state index is 13.3. The predicted octanol–water partition coefficient (Wildman–Crippen LogP) is 0.874. The van der Waals surface area contributed by atoms with Gasteiger partial charge in [0.05, 0.1) is 13.1 Å². The number of aromatic nitrogens is 6. The van der Waals surface area contributed by atoms with E-state index in [1.807, 2.05) is 4.90 Å². The normalized spacial score (nSPS) is 19.1. The van der Waals surface area contributed by atoms with Gasteiger partial charge in [-0.15, -0.1) is 5.10 Å². The largest absolute Gasteiger partial charge is 0.386 e. The van der Waals surface area contributed by atoms with Gasteiger partial charge in [0.2, 0.25) is 11.8 Å². The summed E-state index contributed by atoms with van der Waals surface area (Å²) in [6, 6.07) is 2.90. The van der Waals surface area contributed by atoms with Gasteiger partial charge in [-0.2, -0.15) is 9.50 Å². The first kappa shape index (κ1) is 20.0. The van der Waals surface area contributed by atoms with Crippen molar-refractivity contribution in [3.05, 3.63) is 41.7 Å². The molecule has 1 aliphatic rings. The van der Waals surface area contributed by atoms with E-state index in [9.17, 15) is 18.7 Å². The van der Waals surface area contributed by atoms with Crippen LogP contribution in [0.1, 0.15) is 34.9 Å². The van der Waals surface area contributed by atoms with Gasteiger partial charge in [0.25, 0.3) is 18.1 Å². The molecule has 0 unspecified atom stereocenters. The molecular weight excluding hydrogens is 398 g/mol. The summed E-state index contributed by atoms with van der Waals surface area (Å²) in [4.78, 5) is 32.3. The van der Waals surface area contributed by atoms with Crippen LogP contribution in [0.3, 0.4) is 0 Å². The zero-order valence-electron chi connectivity index (χ0n) is 16.4. The fourth-order valence-electron chi connectivity index (χ4n) is 3.56. The molecule has 1 N–H and O–H groups in total. The number of nitrogens with zero attached hydrogens (tertiary/aromatic N) is 8. The van der Waals surface area contributed by atoms with Gasteiger partial charge in [0, 0.05) is 31.7 Å². The highest BCUT2D eigenvalue weighted by atomic mass is 19.3. The lowest BCUT2D eigenvalue weighted by atomic mass is 10.0. The minimum absolute atomic E-state index is 0.0128. The van der Waals surface area contributed by atoms with E-state index in [1.54, 1.807) is 25.4 Å². The van der Waals surface area contributed by atoms with Gasteiger partial charge in [-0.1, -0.05) is 0 Å². The third-order valence-electron chi connectivity index (χ3n) is 4.93. The molecule has 0 saturated carbocycles. The van der Waals surface area contributed by atoms with Crippen LogP contribution < -0.4 is 4.90 Å². The van der Waals surface area contributed by atoms with Crippen LogP contribution in [0.2, 0.25) is 0 Å². The zero-order valence-corrected chi connectivity index (χ0v) is 16.4. The number of likely N-dealkylation sites (N-methyl/N-ethyl adjacent to an activating group) is 1. The van der Waals surface area contributed by atoms with Crippen molar-refractivity contribution in [3.63, 3.8) is 0 Å². The second kappa shape index (κ2) is 7.52. The number of aryl methyl sites for hydroxylation is 1. The zero-order chi connectivity index (χ0) is 21.5. The molecule has 158 valence electrons. The molecule has 0 spiro atoms. The highest BCUT2D eigenvalue weighted by molar-refractivity contribution is 5.90. The first-order chi connectivity index (χ1) is 14.3. The molecule has 0 radical (unpaired) electrons. The number of amides is 1. The number of fused-ring (bicyclic) bond motifs is 1. The van der Waals surface area contributed by atoms with E-state index in [1.165, 1.54) is 18.0 Å². The van der Waals surface area contributed by atoms with E-state index in [0.29, 0.717) is 24.6 Å². The van der Waals surface area contributed by atoms with E-state index in [4.69, 9.17) is 0 Å². The first-order valence-corrected chi connectivity index (χ1v) is 9.28. The van der Waals surface area contributed by atoms with Crippen LogP contribution in [0, 0.1) is 6.92 Å². The highest BCUT2D eigenvalue weighted by Crippen LogP contribution is 2.25. The van der Waals surface area contributed by atoms with E-state index < -0.39 is 17.9 Å². The van der Waals surface area contributed by atoms with Crippen molar-refractivity contribution in [1.82, 2.24) is 34.4 Å². The number of aliphatic hydroxyl groups is 1.